The summed E-state index contributed by atoms with van der Waals surface area (Å²) >= 11 is 0. The lowest BCUT2D eigenvalue weighted by Gasteiger charge is -2.14. The summed E-state index contributed by atoms with van der Waals surface area (Å²) < 4.78 is 56.1. The number of nitrogens with zero attached hydrogens (tertiary/aromatic N) is 1. The van der Waals surface area contributed by atoms with Gasteiger partial charge in [-0.2, -0.15) is 8.78 Å². The number of nitro benzene ring substituents is 1. The summed E-state index contributed by atoms with van der Waals surface area (Å²) in [5.74, 6) is -0.362. The van der Waals surface area contributed by atoms with E-state index in [4.69, 9.17) is 0 Å². The highest BCUT2D eigenvalue weighted by Gasteiger charge is 2.24. The summed E-state index contributed by atoms with van der Waals surface area (Å²) in [5, 5.41) is 10.9. The van der Waals surface area contributed by atoms with E-state index in [1.165, 1.54) is 49.4 Å². The quantitative estimate of drug-likeness (QED) is 0.631. The second kappa shape index (κ2) is 6.79. The standard InChI is InChI=1S/C14H12F2N2O5S/c1-9-11(18(19)20)6-4-8-13(9)24(21,22)17-10-5-2-3-7-12(10)23-14(15)16/h2-8,14,17H,1H3. The summed E-state index contributed by atoms with van der Waals surface area (Å²) in [6.07, 6.45) is 0. The molecule has 0 saturated carbocycles. The molecule has 0 bridgehead atoms. The summed E-state index contributed by atoms with van der Waals surface area (Å²) in [7, 11) is -4.24. The fourth-order valence-electron chi connectivity index (χ4n) is 2.04. The van der Waals surface area contributed by atoms with Gasteiger partial charge in [0.1, 0.15) is 5.75 Å². The third-order valence-corrected chi connectivity index (χ3v) is 4.60. The van der Waals surface area contributed by atoms with Gasteiger partial charge in [0.15, 0.2) is 0 Å². The van der Waals surface area contributed by atoms with E-state index in [0.717, 1.165) is 0 Å². The summed E-state index contributed by atoms with van der Waals surface area (Å²) in [5.41, 5.74) is -0.638. The van der Waals surface area contributed by atoms with Gasteiger partial charge in [0.2, 0.25) is 0 Å². The molecule has 128 valence electrons. The average molecular weight is 358 g/mol. The molecule has 0 aliphatic heterocycles. The van der Waals surface area contributed by atoms with Crippen LogP contribution in [0.4, 0.5) is 20.2 Å². The van der Waals surface area contributed by atoms with Crippen molar-refractivity contribution in [2.75, 3.05) is 4.72 Å². The van der Waals surface area contributed by atoms with Gasteiger partial charge in [-0.15, -0.1) is 0 Å². The molecule has 0 fully saturated rings. The molecule has 0 amide bonds. The van der Waals surface area contributed by atoms with E-state index in [0.29, 0.717) is 0 Å². The molecule has 0 saturated heterocycles. The highest BCUT2D eigenvalue weighted by Crippen LogP contribution is 2.30. The molecule has 0 atom stereocenters. The van der Waals surface area contributed by atoms with E-state index in [2.05, 4.69) is 9.46 Å². The molecule has 0 spiro atoms. The van der Waals surface area contributed by atoms with Crippen molar-refractivity contribution >= 4 is 21.4 Å². The molecule has 0 aliphatic rings. The number of alkyl halides is 2. The first-order valence-electron chi connectivity index (χ1n) is 6.53. The number of anilines is 1. The van der Waals surface area contributed by atoms with Crippen molar-refractivity contribution in [2.24, 2.45) is 0 Å². The fraction of sp³-hybridized carbons (Fsp3) is 0.143. The van der Waals surface area contributed by atoms with Crippen molar-refractivity contribution in [3.05, 3.63) is 58.1 Å². The number of ether oxygens (including phenoxy) is 1. The second-order valence-corrected chi connectivity index (χ2v) is 6.29. The van der Waals surface area contributed by atoms with Crippen molar-refractivity contribution in [3.63, 3.8) is 0 Å². The van der Waals surface area contributed by atoms with Gasteiger partial charge >= 0.3 is 6.61 Å². The van der Waals surface area contributed by atoms with E-state index in [1.54, 1.807) is 0 Å². The van der Waals surface area contributed by atoms with E-state index in [9.17, 15) is 27.3 Å². The SMILES string of the molecule is Cc1c([N+](=O)[O-])cccc1S(=O)(=O)Nc1ccccc1OC(F)F. The minimum Gasteiger partial charge on any atom is -0.433 e. The smallest absolute Gasteiger partial charge is 0.387 e. The summed E-state index contributed by atoms with van der Waals surface area (Å²) in [6, 6.07) is 8.81. The molecular weight excluding hydrogens is 346 g/mol. The summed E-state index contributed by atoms with van der Waals surface area (Å²) in [4.78, 5) is 9.89. The Kier molecular flexibility index (Phi) is 4.98. The zero-order valence-corrected chi connectivity index (χ0v) is 13.1. The molecule has 0 heterocycles. The average Bonchev–Trinajstić information content (AvgIpc) is 2.48. The Morgan fingerprint density at radius 1 is 1.17 bits per heavy atom. The first kappa shape index (κ1) is 17.6. The molecular formula is C14H12F2N2O5S. The maximum absolute atomic E-state index is 12.5. The predicted octanol–water partition coefficient (Wildman–Crippen LogP) is 3.31. The lowest BCUT2D eigenvalue weighted by molar-refractivity contribution is -0.385. The number of rotatable bonds is 6. The Labute approximate surface area is 136 Å². The fourth-order valence-corrected chi connectivity index (χ4v) is 3.37. The first-order chi connectivity index (χ1) is 11.2. The number of para-hydroxylation sites is 2. The molecule has 0 aliphatic carbocycles. The molecule has 0 radical (unpaired) electrons. The van der Waals surface area contributed by atoms with Gasteiger partial charge < -0.3 is 4.74 Å². The van der Waals surface area contributed by atoms with Crippen LogP contribution < -0.4 is 9.46 Å². The van der Waals surface area contributed by atoms with Gasteiger partial charge in [-0.1, -0.05) is 18.2 Å². The van der Waals surface area contributed by atoms with E-state index >= 15 is 0 Å². The molecule has 24 heavy (non-hydrogen) atoms. The highest BCUT2D eigenvalue weighted by atomic mass is 32.2. The van der Waals surface area contributed by atoms with Crippen molar-refractivity contribution in [3.8, 4) is 5.75 Å². The highest BCUT2D eigenvalue weighted by molar-refractivity contribution is 7.92. The molecule has 2 aromatic carbocycles. The molecule has 2 aromatic rings. The van der Waals surface area contributed by atoms with Gasteiger partial charge in [-0.25, -0.2) is 8.42 Å². The Hall–Kier alpha value is -2.75. The van der Waals surface area contributed by atoms with Crippen LogP contribution in [0.15, 0.2) is 47.4 Å². The maximum atomic E-state index is 12.5. The normalized spacial score (nSPS) is 11.3. The largest absolute Gasteiger partial charge is 0.433 e. The number of halogens is 2. The van der Waals surface area contributed by atoms with Crippen molar-refractivity contribution in [2.45, 2.75) is 18.4 Å². The van der Waals surface area contributed by atoms with Crippen LogP contribution in [0, 0.1) is 17.0 Å². The number of sulfonamides is 1. The van der Waals surface area contributed by atoms with Crippen LogP contribution in [0.3, 0.4) is 0 Å². The Morgan fingerprint density at radius 2 is 1.83 bits per heavy atom. The van der Waals surface area contributed by atoms with Crippen LogP contribution in [0.1, 0.15) is 5.56 Å². The molecule has 1 N–H and O–H groups in total. The zero-order valence-electron chi connectivity index (χ0n) is 12.3. The number of nitrogens with one attached hydrogen (secondary N) is 1. The van der Waals surface area contributed by atoms with Crippen LogP contribution in [-0.2, 0) is 10.0 Å². The second-order valence-electron chi connectivity index (χ2n) is 4.64. The molecule has 0 unspecified atom stereocenters. The van der Waals surface area contributed by atoms with E-state index < -0.39 is 21.6 Å². The van der Waals surface area contributed by atoms with Gasteiger partial charge in [0.05, 0.1) is 15.5 Å². The third kappa shape index (κ3) is 3.77. The van der Waals surface area contributed by atoms with Crippen molar-refractivity contribution in [1.29, 1.82) is 0 Å². The minimum atomic E-state index is -4.24. The Morgan fingerprint density at radius 3 is 2.46 bits per heavy atom. The van der Waals surface area contributed by atoms with Crippen LogP contribution in [0.25, 0.3) is 0 Å². The van der Waals surface area contributed by atoms with Crippen molar-refractivity contribution < 1.29 is 26.9 Å². The maximum Gasteiger partial charge on any atom is 0.387 e. The molecule has 10 heteroatoms. The first-order valence-corrected chi connectivity index (χ1v) is 8.01. The Bertz CT molecular complexity index is 871. The van der Waals surface area contributed by atoms with Gasteiger partial charge in [0, 0.05) is 11.6 Å². The van der Waals surface area contributed by atoms with Crippen LogP contribution >= 0.6 is 0 Å². The minimum absolute atomic E-state index is 0.0674. The molecule has 2 rings (SSSR count). The van der Waals surface area contributed by atoms with Crippen LogP contribution in [0.2, 0.25) is 0 Å². The number of hydrogen-bond acceptors (Lipinski definition) is 5. The lowest BCUT2D eigenvalue weighted by Crippen LogP contribution is -2.16. The number of benzene rings is 2. The van der Waals surface area contributed by atoms with E-state index in [-0.39, 0.29) is 27.6 Å². The lowest BCUT2D eigenvalue weighted by atomic mass is 10.2. The van der Waals surface area contributed by atoms with Crippen LogP contribution in [-0.4, -0.2) is 20.0 Å². The monoisotopic (exact) mass is 358 g/mol. The zero-order chi connectivity index (χ0) is 17.9. The van der Waals surface area contributed by atoms with Crippen LogP contribution in [0.5, 0.6) is 5.75 Å². The Balaban J connectivity index is 2.44. The van der Waals surface area contributed by atoms with Gasteiger partial charge in [-0.05, 0) is 25.1 Å². The topological polar surface area (TPSA) is 98.5 Å². The predicted molar refractivity (Wildman–Crippen MR) is 81.7 cm³/mol. The van der Waals surface area contributed by atoms with Crippen molar-refractivity contribution in [1.82, 2.24) is 0 Å². The molecule has 7 nitrogen and oxygen atoms in total. The summed E-state index contributed by atoms with van der Waals surface area (Å²) in [6.45, 7) is -1.84. The van der Waals surface area contributed by atoms with Gasteiger partial charge in [0.25, 0.3) is 15.7 Å². The number of nitro groups is 1. The number of hydrogen-bond donors (Lipinski definition) is 1. The third-order valence-electron chi connectivity index (χ3n) is 3.09. The van der Waals surface area contributed by atoms with E-state index in [1.807, 2.05) is 0 Å². The van der Waals surface area contributed by atoms with Gasteiger partial charge in [-0.3, -0.25) is 14.8 Å². The molecule has 0 aromatic heterocycles.